The van der Waals surface area contributed by atoms with Crippen LogP contribution in [0.25, 0.3) is 11.4 Å². The SMILES string of the molecule is COc1ccc(-c2noc(C(=O)NCCNC(=O)c3cccc(Cl)c3)n2)cc1. The van der Waals surface area contributed by atoms with Crippen molar-refractivity contribution in [1.82, 2.24) is 20.8 Å². The van der Waals surface area contributed by atoms with Crippen molar-refractivity contribution in [2.24, 2.45) is 0 Å². The van der Waals surface area contributed by atoms with Crippen LogP contribution in [-0.4, -0.2) is 42.2 Å². The molecule has 28 heavy (non-hydrogen) atoms. The van der Waals surface area contributed by atoms with Crippen molar-refractivity contribution >= 4 is 23.4 Å². The molecule has 3 aromatic rings. The van der Waals surface area contributed by atoms with Crippen LogP contribution >= 0.6 is 11.6 Å². The zero-order valence-corrected chi connectivity index (χ0v) is 15.7. The van der Waals surface area contributed by atoms with E-state index in [4.69, 9.17) is 20.9 Å². The Kier molecular flexibility index (Phi) is 6.23. The molecule has 8 nitrogen and oxygen atoms in total. The number of aromatic nitrogens is 2. The maximum atomic E-state index is 12.1. The minimum Gasteiger partial charge on any atom is -0.497 e. The lowest BCUT2D eigenvalue weighted by Crippen LogP contribution is -2.34. The first kappa shape index (κ1) is 19.4. The van der Waals surface area contributed by atoms with Crippen molar-refractivity contribution in [3.63, 3.8) is 0 Å². The number of benzene rings is 2. The summed E-state index contributed by atoms with van der Waals surface area (Å²) in [7, 11) is 1.57. The summed E-state index contributed by atoms with van der Waals surface area (Å²) in [6.45, 7) is 0.432. The zero-order valence-electron chi connectivity index (χ0n) is 14.9. The molecule has 0 radical (unpaired) electrons. The lowest BCUT2D eigenvalue weighted by Gasteiger charge is -2.06. The molecule has 0 saturated carbocycles. The summed E-state index contributed by atoms with van der Waals surface area (Å²) in [5, 5.41) is 9.56. The second kappa shape index (κ2) is 9.01. The van der Waals surface area contributed by atoms with E-state index < -0.39 is 5.91 Å². The molecule has 0 atom stereocenters. The molecule has 2 amide bonds. The summed E-state index contributed by atoms with van der Waals surface area (Å²) in [6, 6.07) is 13.6. The van der Waals surface area contributed by atoms with Gasteiger partial charge in [-0.3, -0.25) is 9.59 Å². The van der Waals surface area contributed by atoms with E-state index in [1.54, 1.807) is 55.6 Å². The van der Waals surface area contributed by atoms with E-state index in [9.17, 15) is 9.59 Å². The molecule has 0 aliphatic carbocycles. The van der Waals surface area contributed by atoms with E-state index >= 15 is 0 Å². The molecule has 0 fully saturated rings. The number of halogens is 1. The third-order valence-electron chi connectivity index (χ3n) is 3.75. The Hall–Kier alpha value is -3.39. The predicted molar refractivity (Wildman–Crippen MR) is 102 cm³/mol. The summed E-state index contributed by atoms with van der Waals surface area (Å²) >= 11 is 5.85. The van der Waals surface area contributed by atoms with Gasteiger partial charge in [0, 0.05) is 29.2 Å². The molecular formula is C19H17ClN4O4. The fourth-order valence-electron chi connectivity index (χ4n) is 2.33. The van der Waals surface area contributed by atoms with Crippen LogP contribution in [0.15, 0.2) is 53.1 Å². The van der Waals surface area contributed by atoms with Crippen LogP contribution in [0.2, 0.25) is 5.02 Å². The lowest BCUT2D eigenvalue weighted by molar-refractivity contribution is 0.0898. The second-order valence-electron chi connectivity index (χ2n) is 5.67. The van der Waals surface area contributed by atoms with Gasteiger partial charge in [-0.05, 0) is 42.5 Å². The minimum absolute atomic E-state index is 0.160. The number of amides is 2. The van der Waals surface area contributed by atoms with Crippen molar-refractivity contribution in [2.45, 2.75) is 0 Å². The quantitative estimate of drug-likeness (QED) is 0.590. The number of nitrogens with one attached hydrogen (secondary N) is 2. The van der Waals surface area contributed by atoms with E-state index in [2.05, 4.69) is 20.8 Å². The van der Waals surface area contributed by atoms with Gasteiger partial charge in [-0.1, -0.05) is 22.8 Å². The zero-order chi connectivity index (χ0) is 19.9. The molecule has 144 valence electrons. The summed E-state index contributed by atoms with van der Waals surface area (Å²) in [5.74, 6) is 0.0275. The summed E-state index contributed by atoms with van der Waals surface area (Å²) in [6.07, 6.45) is 0. The molecule has 3 rings (SSSR count). The fourth-order valence-corrected chi connectivity index (χ4v) is 2.52. The van der Waals surface area contributed by atoms with Crippen LogP contribution in [-0.2, 0) is 0 Å². The molecule has 0 bridgehead atoms. The number of carbonyl (C=O) groups excluding carboxylic acids is 2. The number of ether oxygens (including phenoxy) is 1. The average Bonchev–Trinajstić information content (AvgIpc) is 3.21. The van der Waals surface area contributed by atoms with Crippen molar-refractivity contribution in [1.29, 1.82) is 0 Å². The molecule has 1 aromatic heterocycles. The molecule has 0 aliphatic rings. The van der Waals surface area contributed by atoms with Gasteiger partial charge in [0.1, 0.15) is 5.75 Å². The van der Waals surface area contributed by atoms with Crippen molar-refractivity contribution in [3.8, 4) is 17.1 Å². The maximum absolute atomic E-state index is 12.1. The Bertz CT molecular complexity index is 972. The lowest BCUT2D eigenvalue weighted by atomic mass is 10.2. The van der Waals surface area contributed by atoms with Gasteiger partial charge in [0.15, 0.2) is 0 Å². The van der Waals surface area contributed by atoms with Crippen molar-refractivity contribution < 1.29 is 18.8 Å². The number of nitrogens with zero attached hydrogens (tertiary/aromatic N) is 2. The summed E-state index contributed by atoms with van der Waals surface area (Å²) < 4.78 is 10.1. The standard InChI is InChI=1S/C19H17ClN4O4/c1-27-15-7-5-12(6-8-15)16-23-19(28-24-16)18(26)22-10-9-21-17(25)13-3-2-4-14(20)11-13/h2-8,11H,9-10H2,1H3,(H,21,25)(H,22,26). The van der Waals surface area contributed by atoms with Crippen LogP contribution < -0.4 is 15.4 Å². The topological polar surface area (TPSA) is 106 Å². The highest BCUT2D eigenvalue weighted by Gasteiger charge is 2.16. The number of methoxy groups -OCH3 is 1. The third kappa shape index (κ3) is 4.86. The molecule has 2 N–H and O–H groups in total. The van der Waals surface area contributed by atoms with Gasteiger partial charge in [0.25, 0.3) is 5.91 Å². The largest absolute Gasteiger partial charge is 0.497 e. The van der Waals surface area contributed by atoms with Crippen LogP contribution in [0.5, 0.6) is 5.75 Å². The van der Waals surface area contributed by atoms with Gasteiger partial charge < -0.3 is 19.9 Å². The van der Waals surface area contributed by atoms with E-state index in [1.807, 2.05) is 0 Å². The van der Waals surface area contributed by atoms with Crippen molar-refractivity contribution in [2.75, 3.05) is 20.2 Å². The number of hydrogen-bond donors (Lipinski definition) is 2. The number of carbonyl (C=O) groups is 2. The summed E-state index contributed by atoms with van der Waals surface area (Å²) in [4.78, 5) is 28.2. The highest BCUT2D eigenvalue weighted by molar-refractivity contribution is 6.30. The highest BCUT2D eigenvalue weighted by Crippen LogP contribution is 2.19. The molecule has 0 aliphatic heterocycles. The van der Waals surface area contributed by atoms with E-state index in [0.717, 1.165) is 0 Å². The van der Waals surface area contributed by atoms with Gasteiger partial charge in [0.2, 0.25) is 5.82 Å². The van der Waals surface area contributed by atoms with Gasteiger partial charge in [-0.15, -0.1) is 0 Å². The Morgan fingerprint density at radius 3 is 2.46 bits per heavy atom. The van der Waals surface area contributed by atoms with Gasteiger partial charge >= 0.3 is 11.8 Å². The highest BCUT2D eigenvalue weighted by atomic mass is 35.5. The van der Waals surface area contributed by atoms with E-state index in [1.165, 1.54) is 0 Å². The molecule has 1 heterocycles. The van der Waals surface area contributed by atoms with Gasteiger partial charge in [-0.25, -0.2) is 0 Å². The van der Waals surface area contributed by atoms with Crippen LogP contribution in [0.4, 0.5) is 0 Å². The number of hydrogen-bond acceptors (Lipinski definition) is 6. The van der Waals surface area contributed by atoms with E-state index in [-0.39, 0.29) is 24.9 Å². The second-order valence-corrected chi connectivity index (χ2v) is 6.11. The predicted octanol–water partition coefficient (Wildman–Crippen LogP) is 2.56. The van der Waals surface area contributed by atoms with Gasteiger partial charge in [0.05, 0.1) is 7.11 Å². The third-order valence-corrected chi connectivity index (χ3v) is 3.99. The van der Waals surface area contributed by atoms with Crippen LogP contribution in [0.3, 0.4) is 0 Å². The maximum Gasteiger partial charge on any atom is 0.316 e. The minimum atomic E-state index is -0.524. The molecular weight excluding hydrogens is 384 g/mol. The molecule has 9 heteroatoms. The van der Waals surface area contributed by atoms with E-state index in [0.29, 0.717) is 27.7 Å². The normalized spacial score (nSPS) is 10.4. The fraction of sp³-hybridized carbons (Fsp3) is 0.158. The summed E-state index contributed by atoms with van der Waals surface area (Å²) in [5.41, 5.74) is 1.14. The Morgan fingerprint density at radius 1 is 1.07 bits per heavy atom. The first-order valence-corrected chi connectivity index (χ1v) is 8.74. The molecule has 2 aromatic carbocycles. The van der Waals surface area contributed by atoms with Crippen molar-refractivity contribution in [3.05, 3.63) is 65.0 Å². The van der Waals surface area contributed by atoms with Crippen LogP contribution in [0, 0.1) is 0 Å². The average molecular weight is 401 g/mol. The molecule has 0 spiro atoms. The molecule has 0 unspecified atom stereocenters. The molecule has 0 saturated heterocycles. The number of rotatable bonds is 7. The smallest absolute Gasteiger partial charge is 0.316 e. The monoisotopic (exact) mass is 400 g/mol. The van der Waals surface area contributed by atoms with Crippen LogP contribution in [0.1, 0.15) is 21.0 Å². The first-order chi connectivity index (χ1) is 13.6. The van der Waals surface area contributed by atoms with Gasteiger partial charge in [-0.2, -0.15) is 4.98 Å². The first-order valence-electron chi connectivity index (χ1n) is 8.37. The Labute approximate surface area is 165 Å². The Balaban J connectivity index is 1.48. The Morgan fingerprint density at radius 2 is 1.79 bits per heavy atom.